The minimum atomic E-state index is -0.882. The average Bonchev–Trinajstić information content (AvgIpc) is 2.27. The molecule has 0 aliphatic carbocycles. The molecule has 1 aliphatic rings. The fourth-order valence-corrected chi connectivity index (χ4v) is 2.23. The van der Waals surface area contributed by atoms with Crippen LogP contribution in [0.2, 0.25) is 0 Å². The van der Waals surface area contributed by atoms with Crippen molar-refractivity contribution < 1.29 is 19.4 Å². The molecule has 1 heterocycles. The summed E-state index contributed by atoms with van der Waals surface area (Å²) in [5.41, 5.74) is -1.12. The Balaban J connectivity index is 2.54. The van der Waals surface area contributed by atoms with Crippen molar-refractivity contribution in [3.63, 3.8) is 0 Å². The summed E-state index contributed by atoms with van der Waals surface area (Å²) < 4.78 is 5.27. The van der Waals surface area contributed by atoms with Crippen molar-refractivity contribution in [1.29, 1.82) is 0 Å². The van der Waals surface area contributed by atoms with Crippen molar-refractivity contribution in [2.75, 3.05) is 19.6 Å². The molecule has 0 aromatic heterocycles. The molecule has 0 saturated carbocycles. The van der Waals surface area contributed by atoms with Gasteiger partial charge in [-0.3, -0.25) is 4.79 Å². The first kappa shape index (κ1) is 17.3. The molecule has 0 aromatic carbocycles. The fourth-order valence-electron chi connectivity index (χ4n) is 2.23. The minimum Gasteiger partial charge on any atom is -0.481 e. The van der Waals surface area contributed by atoms with Gasteiger partial charge in [0.2, 0.25) is 0 Å². The van der Waals surface area contributed by atoms with E-state index >= 15 is 0 Å². The first-order valence-electron chi connectivity index (χ1n) is 7.02. The Hall–Kier alpha value is -1.74. The number of hydrogen-bond acceptors (Lipinski definition) is 4. The van der Waals surface area contributed by atoms with Crippen LogP contribution < -0.4 is 5.32 Å². The topological polar surface area (TPSA) is 78.9 Å². The van der Waals surface area contributed by atoms with Gasteiger partial charge in [0.05, 0.1) is 12.0 Å². The van der Waals surface area contributed by atoms with Gasteiger partial charge in [0.25, 0.3) is 0 Å². The lowest BCUT2D eigenvalue weighted by Gasteiger charge is -2.49. The Bertz CT molecular complexity index is 451. The van der Waals surface area contributed by atoms with Gasteiger partial charge >= 0.3 is 12.1 Å². The van der Waals surface area contributed by atoms with Crippen LogP contribution in [0.4, 0.5) is 4.79 Å². The number of aliphatic carboxylic acids is 1. The molecule has 0 unspecified atom stereocenters. The van der Waals surface area contributed by atoms with Gasteiger partial charge in [0.15, 0.2) is 0 Å². The largest absolute Gasteiger partial charge is 0.481 e. The summed E-state index contributed by atoms with van der Waals surface area (Å²) in [5.74, 6) is 4.83. The molecule has 0 atom stereocenters. The summed E-state index contributed by atoms with van der Waals surface area (Å²) in [6, 6.07) is 0. The van der Waals surface area contributed by atoms with Gasteiger partial charge in [-0.25, -0.2) is 4.79 Å². The molecule has 6 nitrogen and oxygen atoms in total. The number of carbonyl (C=O) groups excluding carboxylic acids is 1. The first-order valence-corrected chi connectivity index (χ1v) is 7.02. The summed E-state index contributed by atoms with van der Waals surface area (Å²) in [6.45, 7) is 8.46. The predicted octanol–water partition coefficient (Wildman–Crippen LogP) is 1.45. The van der Waals surface area contributed by atoms with Crippen molar-refractivity contribution in [2.45, 2.75) is 51.7 Å². The van der Waals surface area contributed by atoms with Crippen LogP contribution in [0.5, 0.6) is 0 Å². The summed E-state index contributed by atoms with van der Waals surface area (Å²) in [6.07, 6.45) is 0.231. The van der Waals surface area contributed by atoms with Crippen LogP contribution in [0, 0.1) is 11.8 Å². The van der Waals surface area contributed by atoms with E-state index in [1.165, 1.54) is 4.90 Å². The standard InChI is InChI=1S/C15H24N2O4/c1-5-6-7-8-16-15(9-12(18)19)10-17(11-15)13(20)21-14(2,3)4/h16H,7-11H2,1-4H3,(H,18,19). The fraction of sp³-hybridized carbons (Fsp3) is 0.733. The van der Waals surface area contributed by atoms with Crippen molar-refractivity contribution in [2.24, 2.45) is 0 Å². The van der Waals surface area contributed by atoms with Crippen LogP contribution >= 0.6 is 0 Å². The quantitative estimate of drug-likeness (QED) is 0.593. The summed E-state index contributed by atoms with van der Waals surface area (Å²) in [5, 5.41) is 12.2. The van der Waals surface area contributed by atoms with Crippen molar-refractivity contribution in [3.8, 4) is 11.8 Å². The predicted molar refractivity (Wildman–Crippen MR) is 78.9 cm³/mol. The monoisotopic (exact) mass is 296 g/mol. The number of ether oxygens (including phenoxy) is 1. The zero-order chi connectivity index (χ0) is 16.1. The number of carboxylic acids is 1. The van der Waals surface area contributed by atoms with Gasteiger partial charge in [0, 0.05) is 26.1 Å². The van der Waals surface area contributed by atoms with Gasteiger partial charge < -0.3 is 20.1 Å². The van der Waals surface area contributed by atoms with E-state index in [0.717, 1.165) is 0 Å². The molecule has 0 radical (unpaired) electrons. The highest BCUT2D eigenvalue weighted by Crippen LogP contribution is 2.26. The number of hydrogen-bond donors (Lipinski definition) is 2. The van der Waals surface area contributed by atoms with Crippen molar-refractivity contribution in [1.82, 2.24) is 10.2 Å². The van der Waals surface area contributed by atoms with E-state index in [-0.39, 0.29) is 6.42 Å². The third kappa shape index (κ3) is 5.64. The van der Waals surface area contributed by atoms with Crippen molar-refractivity contribution in [3.05, 3.63) is 0 Å². The van der Waals surface area contributed by atoms with E-state index in [4.69, 9.17) is 9.84 Å². The average molecular weight is 296 g/mol. The number of carbonyl (C=O) groups is 2. The Morgan fingerprint density at radius 1 is 1.38 bits per heavy atom. The zero-order valence-corrected chi connectivity index (χ0v) is 13.2. The number of carboxylic acid groups (broad SMARTS) is 1. The van der Waals surface area contributed by atoms with Crippen molar-refractivity contribution >= 4 is 12.1 Å². The Morgan fingerprint density at radius 2 is 2.00 bits per heavy atom. The van der Waals surface area contributed by atoms with E-state index in [2.05, 4.69) is 17.2 Å². The number of amides is 1. The minimum absolute atomic E-state index is 0.0220. The molecule has 0 spiro atoms. The summed E-state index contributed by atoms with van der Waals surface area (Å²) in [4.78, 5) is 24.4. The Morgan fingerprint density at radius 3 is 2.48 bits per heavy atom. The molecule has 6 heteroatoms. The van der Waals surface area contributed by atoms with E-state index in [1.807, 2.05) is 0 Å². The molecule has 1 saturated heterocycles. The third-order valence-corrected chi connectivity index (χ3v) is 3.06. The van der Waals surface area contributed by atoms with E-state index < -0.39 is 23.2 Å². The third-order valence-electron chi connectivity index (χ3n) is 3.06. The van der Waals surface area contributed by atoms with Crippen LogP contribution in [0.15, 0.2) is 0 Å². The molecule has 0 aromatic rings. The SMILES string of the molecule is CC#CCCNC1(CC(=O)O)CN(C(=O)OC(C)(C)C)C1. The highest BCUT2D eigenvalue weighted by Gasteiger charge is 2.47. The van der Waals surface area contributed by atoms with Crippen LogP contribution in [0.3, 0.4) is 0 Å². The van der Waals surface area contributed by atoms with E-state index in [9.17, 15) is 9.59 Å². The number of rotatable bonds is 5. The summed E-state index contributed by atoms with van der Waals surface area (Å²) in [7, 11) is 0. The molecule has 0 bridgehead atoms. The molecule has 2 N–H and O–H groups in total. The second-order valence-corrected chi connectivity index (χ2v) is 6.29. The van der Waals surface area contributed by atoms with Crippen LogP contribution in [0.1, 0.15) is 40.5 Å². The zero-order valence-electron chi connectivity index (χ0n) is 13.2. The van der Waals surface area contributed by atoms with E-state index in [1.54, 1.807) is 27.7 Å². The molecule has 21 heavy (non-hydrogen) atoms. The summed E-state index contributed by atoms with van der Waals surface area (Å²) >= 11 is 0. The molecule has 1 fully saturated rings. The molecule has 1 aliphatic heterocycles. The van der Waals surface area contributed by atoms with E-state index in [0.29, 0.717) is 26.1 Å². The van der Waals surface area contributed by atoms with Gasteiger partial charge in [-0.05, 0) is 27.7 Å². The molecule has 118 valence electrons. The highest BCUT2D eigenvalue weighted by atomic mass is 16.6. The van der Waals surface area contributed by atoms with Crippen LogP contribution in [-0.4, -0.2) is 52.8 Å². The van der Waals surface area contributed by atoms with Gasteiger partial charge in [-0.2, -0.15) is 0 Å². The molecule has 1 rings (SSSR count). The maximum absolute atomic E-state index is 11.9. The maximum Gasteiger partial charge on any atom is 0.410 e. The lowest BCUT2D eigenvalue weighted by molar-refractivity contribution is -0.141. The molecular formula is C15H24N2O4. The number of nitrogens with one attached hydrogen (secondary N) is 1. The molecular weight excluding hydrogens is 272 g/mol. The maximum atomic E-state index is 11.9. The number of likely N-dealkylation sites (tertiary alicyclic amines) is 1. The molecule has 1 amide bonds. The second kappa shape index (κ2) is 6.81. The Kier molecular flexibility index (Phi) is 5.62. The Labute approximate surface area is 125 Å². The lowest BCUT2D eigenvalue weighted by Crippen LogP contribution is -2.71. The number of nitrogens with zero attached hydrogens (tertiary/aromatic N) is 1. The second-order valence-electron chi connectivity index (χ2n) is 6.29. The highest BCUT2D eigenvalue weighted by molar-refractivity contribution is 5.73. The van der Waals surface area contributed by atoms with Crippen LogP contribution in [-0.2, 0) is 9.53 Å². The van der Waals surface area contributed by atoms with Gasteiger partial charge in [-0.1, -0.05) is 0 Å². The first-order chi connectivity index (χ1) is 9.67. The van der Waals surface area contributed by atoms with Gasteiger partial charge in [-0.15, -0.1) is 11.8 Å². The lowest BCUT2D eigenvalue weighted by atomic mass is 9.86. The smallest absolute Gasteiger partial charge is 0.410 e. The van der Waals surface area contributed by atoms with Gasteiger partial charge in [0.1, 0.15) is 5.60 Å². The van der Waals surface area contributed by atoms with Crippen LogP contribution in [0.25, 0.3) is 0 Å². The normalized spacial score (nSPS) is 16.5.